The summed E-state index contributed by atoms with van der Waals surface area (Å²) in [5.74, 6) is 0.771. The third-order valence-electron chi connectivity index (χ3n) is 2.64. The Balaban J connectivity index is 1.89. The topological polar surface area (TPSA) is 65.1 Å². The number of hydrogen-bond donors (Lipinski definition) is 2. The molecular weight excluding hydrogens is 192 g/mol. The molecule has 15 heavy (non-hydrogen) atoms. The van der Waals surface area contributed by atoms with Gasteiger partial charge in [-0.2, -0.15) is 5.10 Å². The first kappa shape index (κ1) is 10.3. The fourth-order valence-corrected chi connectivity index (χ4v) is 1.75. The van der Waals surface area contributed by atoms with Crippen molar-refractivity contribution in [1.29, 1.82) is 0 Å². The molecule has 1 aromatic rings. The Hall–Kier alpha value is -1.23. The van der Waals surface area contributed by atoms with Gasteiger partial charge in [-0.15, -0.1) is 0 Å². The predicted octanol–water partition coefficient (Wildman–Crippen LogP) is 1.08. The Labute approximate surface area is 89.6 Å². The molecule has 1 aliphatic rings. The first-order chi connectivity index (χ1) is 7.29. The van der Waals surface area contributed by atoms with E-state index in [4.69, 9.17) is 10.5 Å². The maximum atomic E-state index is 5.82. The summed E-state index contributed by atoms with van der Waals surface area (Å²) >= 11 is 0. The van der Waals surface area contributed by atoms with Crippen LogP contribution < -0.4 is 11.1 Å². The standard InChI is InChI=1S/C10H18N4O/c1-2-14-7-9(11)10(13-14)12-6-8-4-3-5-15-8/h7-8H,2-6,11H2,1H3,(H,12,13)/t8-/m1/s1. The predicted molar refractivity (Wildman–Crippen MR) is 59.8 cm³/mol. The molecule has 1 aliphatic heterocycles. The van der Waals surface area contributed by atoms with Crippen molar-refractivity contribution in [2.45, 2.75) is 32.4 Å². The molecule has 0 aromatic carbocycles. The molecule has 0 bridgehead atoms. The van der Waals surface area contributed by atoms with E-state index in [9.17, 15) is 0 Å². The van der Waals surface area contributed by atoms with Crippen molar-refractivity contribution in [1.82, 2.24) is 9.78 Å². The number of ether oxygens (including phenoxy) is 1. The average molecular weight is 210 g/mol. The molecule has 5 heteroatoms. The summed E-state index contributed by atoms with van der Waals surface area (Å²) in [7, 11) is 0. The molecule has 0 amide bonds. The smallest absolute Gasteiger partial charge is 0.171 e. The van der Waals surface area contributed by atoms with Crippen molar-refractivity contribution in [3.63, 3.8) is 0 Å². The zero-order chi connectivity index (χ0) is 10.7. The highest BCUT2D eigenvalue weighted by atomic mass is 16.5. The van der Waals surface area contributed by atoms with E-state index in [1.165, 1.54) is 0 Å². The van der Waals surface area contributed by atoms with Crippen LogP contribution in [0.15, 0.2) is 6.20 Å². The average Bonchev–Trinajstić information content (AvgIpc) is 2.84. The highest BCUT2D eigenvalue weighted by Crippen LogP contribution is 2.17. The second-order valence-corrected chi connectivity index (χ2v) is 3.80. The summed E-state index contributed by atoms with van der Waals surface area (Å²) in [5, 5.41) is 7.54. The lowest BCUT2D eigenvalue weighted by Gasteiger charge is -2.10. The fraction of sp³-hybridized carbons (Fsp3) is 0.700. The van der Waals surface area contributed by atoms with E-state index in [0.29, 0.717) is 11.8 Å². The number of nitrogens with two attached hydrogens (primary N) is 1. The van der Waals surface area contributed by atoms with Gasteiger partial charge in [0.2, 0.25) is 0 Å². The van der Waals surface area contributed by atoms with Crippen molar-refractivity contribution in [3.05, 3.63) is 6.20 Å². The van der Waals surface area contributed by atoms with Crippen LogP contribution in [0.2, 0.25) is 0 Å². The fourth-order valence-electron chi connectivity index (χ4n) is 1.75. The maximum absolute atomic E-state index is 5.82. The van der Waals surface area contributed by atoms with Crippen LogP contribution in [0, 0.1) is 0 Å². The molecule has 0 saturated carbocycles. The number of hydrogen-bond acceptors (Lipinski definition) is 4. The molecule has 0 aliphatic carbocycles. The minimum atomic E-state index is 0.316. The minimum Gasteiger partial charge on any atom is -0.394 e. The van der Waals surface area contributed by atoms with Crippen LogP contribution in [0.25, 0.3) is 0 Å². The summed E-state index contributed by atoms with van der Waals surface area (Å²) in [5.41, 5.74) is 6.52. The minimum absolute atomic E-state index is 0.316. The van der Waals surface area contributed by atoms with Gasteiger partial charge in [0.1, 0.15) is 0 Å². The third-order valence-corrected chi connectivity index (χ3v) is 2.64. The summed E-state index contributed by atoms with van der Waals surface area (Å²) in [6.45, 7) is 4.55. The molecule has 0 radical (unpaired) electrons. The van der Waals surface area contributed by atoms with Gasteiger partial charge in [-0.25, -0.2) is 0 Å². The molecule has 1 aromatic heterocycles. The number of aromatic nitrogens is 2. The highest BCUT2D eigenvalue weighted by molar-refractivity contribution is 5.59. The van der Waals surface area contributed by atoms with Gasteiger partial charge in [0.15, 0.2) is 5.82 Å². The van der Waals surface area contributed by atoms with E-state index < -0.39 is 0 Å². The monoisotopic (exact) mass is 210 g/mol. The summed E-state index contributed by atoms with van der Waals surface area (Å²) < 4.78 is 7.34. The molecule has 84 valence electrons. The van der Waals surface area contributed by atoms with Crippen LogP contribution in [-0.2, 0) is 11.3 Å². The molecule has 2 rings (SSSR count). The van der Waals surface area contributed by atoms with E-state index in [0.717, 1.165) is 38.4 Å². The molecule has 2 heterocycles. The number of nitrogens with zero attached hydrogens (tertiary/aromatic N) is 2. The first-order valence-electron chi connectivity index (χ1n) is 5.48. The van der Waals surface area contributed by atoms with E-state index in [1.807, 2.05) is 17.8 Å². The normalized spacial score (nSPS) is 20.7. The summed E-state index contributed by atoms with van der Waals surface area (Å²) in [6.07, 6.45) is 4.45. The maximum Gasteiger partial charge on any atom is 0.171 e. The number of rotatable bonds is 4. The van der Waals surface area contributed by atoms with Gasteiger partial charge in [-0.05, 0) is 19.8 Å². The number of aryl methyl sites for hydroxylation is 1. The largest absolute Gasteiger partial charge is 0.394 e. The molecule has 0 spiro atoms. The molecular formula is C10H18N4O. The van der Waals surface area contributed by atoms with Crippen LogP contribution in [0.1, 0.15) is 19.8 Å². The number of nitrogens with one attached hydrogen (secondary N) is 1. The van der Waals surface area contributed by atoms with E-state index in [-0.39, 0.29) is 0 Å². The molecule has 5 nitrogen and oxygen atoms in total. The van der Waals surface area contributed by atoms with Crippen molar-refractivity contribution in [2.75, 3.05) is 24.2 Å². The van der Waals surface area contributed by atoms with Gasteiger partial charge in [0.05, 0.1) is 18.0 Å². The van der Waals surface area contributed by atoms with E-state index >= 15 is 0 Å². The third kappa shape index (κ3) is 2.41. The van der Waals surface area contributed by atoms with Gasteiger partial charge < -0.3 is 15.8 Å². The second kappa shape index (κ2) is 4.53. The number of nitrogen functional groups attached to an aromatic ring is 1. The van der Waals surface area contributed by atoms with Gasteiger partial charge in [0, 0.05) is 19.7 Å². The summed E-state index contributed by atoms with van der Waals surface area (Å²) in [4.78, 5) is 0. The Kier molecular flexibility index (Phi) is 3.11. The Morgan fingerprint density at radius 2 is 2.60 bits per heavy atom. The molecule has 3 N–H and O–H groups in total. The molecule has 0 unspecified atom stereocenters. The quantitative estimate of drug-likeness (QED) is 0.780. The first-order valence-corrected chi connectivity index (χ1v) is 5.48. The lowest BCUT2D eigenvalue weighted by Crippen LogP contribution is -2.19. The lowest BCUT2D eigenvalue weighted by atomic mass is 10.2. The Morgan fingerprint density at radius 1 is 1.73 bits per heavy atom. The van der Waals surface area contributed by atoms with Crippen molar-refractivity contribution < 1.29 is 4.74 Å². The van der Waals surface area contributed by atoms with Crippen LogP contribution in [0.4, 0.5) is 11.5 Å². The van der Waals surface area contributed by atoms with Crippen LogP contribution in [0.3, 0.4) is 0 Å². The highest BCUT2D eigenvalue weighted by Gasteiger charge is 2.16. The second-order valence-electron chi connectivity index (χ2n) is 3.80. The number of anilines is 2. The van der Waals surface area contributed by atoms with Crippen LogP contribution in [0.5, 0.6) is 0 Å². The van der Waals surface area contributed by atoms with Crippen molar-refractivity contribution >= 4 is 11.5 Å². The van der Waals surface area contributed by atoms with Gasteiger partial charge in [-0.3, -0.25) is 4.68 Å². The molecule has 1 fully saturated rings. The van der Waals surface area contributed by atoms with Crippen molar-refractivity contribution in [2.24, 2.45) is 0 Å². The zero-order valence-corrected chi connectivity index (χ0v) is 9.07. The van der Waals surface area contributed by atoms with Crippen LogP contribution >= 0.6 is 0 Å². The zero-order valence-electron chi connectivity index (χ0n) is 9.07. The van der Waals surface area contributed by atoms with E-state index in [1.54, 1.807) is 0 Å². The lowest BCUT2D eigenvalue weighted by molar-refractivity contribution is 0.120. The van der Waals surface area contributed by atoms with Gasteiger partial charge >= 0.3 is 0 Å². The Morgan fingerprint density at radius 3 is 3.20 bits per heavy atom. The van der Waals surface area contributed by atoms with Crippen molar-refractivity contribution in [3.8, 4) is 0 Å². The van der Waals surface area contributed by atoms with Gasteiger partial charge in [0.25, 0.3) is 0 Å². The van der Waals surface area contributed by atoms with Gasteiger partial charge in [-0.1, -0.05) is 0 Å². The van der Waals surface area contributed by atoms with E-state index in [2.05, 4.69) is 10.4 Å². The molecule has 1 saturated heterocycles. The van der Waals surface area contributed by atoms with Crippen LogP contribution in [-0.4, -0.2) is 29.0 Å². The summed E-state index contributed by atoms with van der Waals surface area (Å²) in [6, 6.07) is 0. The Bertz CT molecular complexity index is 317. The SMILES string of the molecule is CCn1cc(N)c(NC[C@H]2CCCO2)n1. The molecule has 1 atom stereocenters.